The van der Waals surface area contributed by atoms with Crippen LogP contribution in [0.5, 0.6) is 0 Å². The number of esters is 1. The Morgan fingerprint density at radius 1 is 1.15 bits per heavy atom. The number of carbonyl (C=O) groups is 1. The fraction of sp³-hybridized carbons (Fsp3) is 0.944. The van der Waals surface area contributed by atoms with E-state index < -0.39 is 30.8 Å². The van der Waals surface area contributed by atoms with Crippen molar-refractivity contribution in [2.45, 2.75) is 101 Å². The van der Waals surface area contributed by atoms with Crippen LogP contribution < -0.4 is 5.73 Å². The van der Waals surface area contributed by atoms with E-state index in [0.29, 0.717) is 12.8 Å². The number of ether oxygens (including phenoxy) is 3. The summed E-state index contributed by atoms with van der Waals surface area (Å²) < 4.78 is 54.5. The van der Waals surface area contributed by atoms with Crippen LogP contribution in [0.15, 0.2) is 0 Å². The minimum Gasteiger partial charge on any atom is -0.455 e. The minimum atomic E-state index is -4.19. The highest BCUT2D eigenvalue weighted by molar-refractivity contribution is 5.74. The number of hydrogen-bond donors (Lipinski definition) is 1. The fourth-order valence-corrected chi connectivity index (χ4v) is 3.65. The Bertz CT molecular complexity index is 441. The number of alkyl halides is 3. The van der Waals surface area contributed by atoms with Crippen molar-refractivity contribution in [2.24, 2.45) is 0 Å². The van der Waals surface area contributed by atoms with Gasteiger partial charge in [-0.3, -0.25) is 0 Å². The predicted octanol–water partition coefficient (Wildman–Crippen LogP) is 2.77. The van der Waals surface area contributed by atoms with Crippen molar-refractivity contribution in [1.82, 2.24) is 0 Å². The molecule has 0 spiro atoms. The van der Waals surface area contributed by atoms with Crippen molar-refractivity contribution in [3.8, 4) is 0 Å². The molecule has 0 aromatic carbocycles. The van der Waals surface area contributed by atoms with Gasteiger partial charge in [-0.15, -0.1) is 0 Å². The van der Waals surface area contributed by atoms with Gasteiger partial charge in [-0.05, 0) is 39.0 Å². The molecule has 5 nitrogen and oxygen atoms in total. The van der Waals surface area contributed by atoms with E-state index in [9.17, 15) is 18.0 Å². The van der Waals surface area contributed by atoms with Gasteiger partial charge in [-0.1, -0.05) is 12.8 Å². The van der Waals surface area contributed by atoms with E-state index >= 15 is 0 Å². The first-order valence-electron chi connectivity index (χ1n) is 9.63. The van der Waals surface area contributed by atoms with Crippen LogP contribution in [0.25, 0.3) is 0 Å². The molecule has 26 heavy (non-hydrogen) atoms. The Hall–Kier alpha value is -0.860. The van der Waals surface area contributed by atoms with Crippen molar-refractivity contribution < 1.29 is 37.9 Å². The average molecular weight is 382 g/mol. The van der Waals surface area contributed by atoms with Gasteiger partial charge in [0, 0.05) is 19.4 Å². The van der Waals surface area contributed by atoms with Crippen LogP contribution in [0.4, 0.5) is 13.2 Å². The normalized spacial score (nSPS) is 32.0. The fourth-order valence-electron chi connectivity index (χ4n) is 3.65. The average Bonchev–Trinajstić information content (AvgIpc) is 3.06. The van der Waals surface area contributed by atoms with Gasteiger partial charge < -0.3 is 19.9 Å². The highest BCUT2D eigenvalue weighted by atomic mass is 19.4. The Kier molecular flexibility index (Phi) is 8.16. The van der Waals surface area contributed by atoms with Crippen LogP contribution in [0.3, 0.4) is 0 Å². The molecule has 0 unspecified atom stereocenters. The third-order valence-electron chi connectivity index (χ3n) is 5.09. The number of hydrogen-bond acceptors (Lipinski definition) is 4. The first-order chi connectivity index (χ1) is 12.3. The van der Waals surface area contributed by atoms with E-state index in [1.165, 1.54) is 0 Å². The first-order valence-corrected chi connectivity index (χ1v) is 9.63. The van der Waals surface area contributed by atoms with E-state index in [2.05, 4.69) is 5.73 Å². The van der Waals surface area contributed by atoms with Crippen LogP contribution in [-0.4, -0.2) is 49.2 Å². The van der Waals surface area contributed by atoms with Crippen LogP contribution in [0, 0.1) is 0 Å². The summed E-state index contributed by atoms with van der Waals surface area (Å²) in [6.45, 7) is 1.68. The second-order valence-electron chi connectivity index (χ2n) is 7.40. The largest absolute Gasteiger partial charge is 0.455 e. The van der Waals surface area contributed by atoms with Gasteiger partial charge in [0.05, 0.1) is 12.2 Å². The smallest absolute Gasteiger partial charge is 0.389 e. The molecule has 0 bridgehead atoms. The lowest BCUT2D eigenvalue weighted by atomic mass is 10.0. The summed E-state index contributed by atoms with van der Waals surface area (Å²) in [5, 5.41) is 0. The van der Waals surface area contributed by atoms with Crippen LogP contribution in [0.1, 0.15) is 64.7 Å². The van der Waals surface area contributed by atoms with Gasteiger partial charge in [-0.25, -0.2) is 4.79 Å². The Morgan fingerprint density at radius 3 is 2.50 bits per heavy atom. The Balaban J connectivity index is 2.00. The number of rotatable bonds is 6. The molecule has 3 N–H and O–H groups in total. The minimum absolute atomic E-state index is 0.0373. The molecule has 2 fully saturated rings. The number of halogens is 3. The zero-order valence-electron chi connectivity index (χ0n) is 15.4. The van der Waals surface area contributed by atoms with Crippen molar-refractivity contribution in [2.75, 3.05) is 6.61 Å². The lowest BCUT2D eigenvalue weighted by molar-refractivity contribution is -0.410. The van der Waals surface area contributed by atoms with Crippen molar-refractivity contribution >= 4 is 5.97 Å². The second-order valence-corrected chi connectivity index (χ2v) is 7.40. The first kappa shape index (κ1) is 21.4. The second kappa shape index (κ2) is 9.90. The SMILES string of the molecule is C[C@@H]1OC(=O)[C@@H]([NH3+])CCC[C@H](OC2CCCC2)[C@H]1OCCCC(F)(F)F. The molecule has 2 rings (SSSR count). The summed E-state index contributed by atoms with van der Waals surface area (Å²) in [4.78, 5) is 12.1. The standard InChI is InChI=1S/C18H30F3NO4/c1-12-16(24-11-5-10-18(19,20)21)15(26-13-6-2-3-7-13)9-4-8-14(22)17(23)25-12/h12-16H,2-11,22H2,1H3/p+1/t12-,14-,15-,16-/m0/s1. The van der Waals surface area contributed by atoms with Gasteiger partial charge in [0.15, 0.2) is 6.04 Å². The third-order valence-corrected chi connectivity index (χ3v) is 5.09. The van der Waals surface area contributed by atoms with Gasteiger partial charge >= 0.3 is 12.1 Å². The number of quaternary nitrogens is 1. The summed E-state index contributed by atoms with van der Waals surface area (Å²) in [5.41, 5.74) is 3.83. The molecule has 0 amide bonds. The molecule has 1 aliphatic carbocycles. The highest BCUT2D eigenvalue weighted by Crippen LogP contribution is 2.28. The lowest BCUT2D eigenvalue weighted by Crippen LogP contribution is -2.65. The highest BCUT2D eigenvalue weighted by Gasteiger charge is 2.37. The van der Waals surface area contributed by atoms with E-state index in [1.54, 1.807) is 6.92 Å². The maximum Gasteiger partial charge on any atom is 0.389 e. The summed E-state index contributed by atoms with van der Waals surface area (Å²) in [6, 6.07) is -0.437. The summed E-state index contributed by atoms with van der Waals surface area (Å²) in [7, 11) is 0. The van der Waals surface area contributed by atoms with Crippen LogP contribution in [0.2, 0.25) is 0 Å². The van der Waals surface area contributed by atoms with E-state index in [1.807, 2.05) is 0 Å². The number of carbonyl (C=O) groups excluding carboxylic acids is 1. The molecule has 0 aromatic heterocycles. The van der Waals surface area contributed by atoms with Gasteiger partial charge in [0.25, 0.3) is 0 Å². The maximum atomic E-state index is 12.4. The molecule has 0 aromatic rings. The summed E-state index contributed by atoms with van der Waals surface area (Å²) in [5.74, 6) is -0.386. The zero-order chi connectivity index (χ0) is 19.2. The van der Waals surface area contributed by atoms with Gasteiger partial charge in [0.1, 0.15) is 12.2 Å². The summed E-state index contributed by atoms with van der Waals surface area (Å²) in [6.07, 6.45) is -0.191. The molecule has 1 saturated heterocycles. The molecule has 1 aliphatic heterocycles. The van der Waals surface area contributed by atoms with Crippen LogP contribution in [-0.2, 0) is 19.0 Å². The molecule has 152 valence electrons. The molecular formula is C18H31F3NO4+. The zero-order valence-corrected chi connectivity index (χ0v) is 15.4. The summed E-state index contributed by atoms with van der Waals surface area (Å²) >= 11 is 0. The van der Waals surface area contributed by atoms with Crippen molar-refractivity contribution in [1.29, 1.82) is 0 Å². The molecule has 2 aliphatic rings. The molecular weight excluding hydrogens is 351 g/mol. The van der Waals surface area contributed by atoms with E-state index in [0.717, 1.165) is 32.1 Å². The Morgan fingerprint density at radius 2 is 1.85 bits per heavy atom. The monoisotopic (exact) mass is 382 g/mol. The molecule has 8 heteroatoms. The number of cyclic esters (lactones) is 1. The van der Waals surface area contributed by atoms with Gasteiger partial charge in [0.2, 0.25) is 0 Å². The lowest BCUT2D eigenvalue weighted by Gasteiger charge is -2.32. The van der Waals surface area contributed by atoms with Crippen molar-refractivity contribution in [3.63, 3.8) is 0 Å². The quantitative estimate of drug-likeness (QED) is 0.566. The molecule has 1 heterocycles. The van der Waals surface area contributed by atoms with E-state index in [-0.39, 0.29) is 31.2 Å². The van der Waals surface area contributed by atoms with E-state index in [4.69, 9.17) is 14.2 Å². The molecule has 1 saturated carbocycles. The maximum absolute atomic E-state index is 12.4. The third kappa shape index (κ3) is 7.04. The predicted molar refractivity (Wildman–Crippen MR) is 88.2 cm³/mol. The molecule has 4 atom stereocenters. The molecule has 0 radical (unpaired) electrons. The van der Waals surface area contributed by atoms with Crippen LogP contribution >= 0.6 is 0 Å². The topological polar surface area (TPSA) is 72.4 Å². The van der Waals surface area contributed by atoms with Gasteiger partial charge in [-0.2, -0.15) is 13.2 Å². The Labute approximate surface area is 152 Å². The van der Waals surface area contributed by atoms with Crippen molar-refractivity contribution in [3.05, 3.63) is 0 Å².